The first-order valence-electron chi connectivity index (χ1n) is 10.6. The molecule has 1 saturated heterocycles. The van der Waals surface area contributed by atoms with Crippen molar-refractivity contribution in [2.75, 3.05) is 62.3 Å². The fraction of sp³-hybridized carbons (Fsp3) is 0.550. The molecule has 0 saturated carbocycles. The highest BCUT2D eigenvalue weighted by Crippen LogP contribution is 2.28. The lowest BCUT2D eigenvalue weighted by Gasteiger charge is -2.34. The minimum Gasteiger partial charge on any atom is -0.379 e. The van der Waals surface area contributed by atoms with E-state index < -0.39 is 11.7 Å². The van der Waals surface area contributed by atoms with Crippen molar-refractivity contribution in [2.45, 2.75) is 19.0 Å². The van der Waals surface area contributed by atoms with E-state index in [9.17, 15) is 22.8 Å². The highest BCUT2D eigenvalue weighted by atomic mass is 19.4. The lowest BCUT2D eigenvalue weighted by atomic mass is 10.2. The maximum atomic E-state index is 12.6. The number of nitrogens with one attached hydrogen (secondary N) is 1. The quantitative estimate of drug-likeness (QED) is 0.593. The van der Waals surface area contributed by atoms with Crippen molar-refractivity contribution in [2.24, 2.45) is 0 Å². The van der Waals surface area contributed by atoms with Gasteiger partial charge in [-0.25, -0.2) is 15.1 Å². The van der Waals surface area contributed by atoms with Gasteiger partial charge in [0.15, 0.2) is 0 Å². The third kappa shape index (κ3) is 5.41. The average molecular weight is 467 g/mol. The predicted octanol–water partition coefficient (Wildman–Crippen LogP) is 0.697. The molecule has 33 heavy (non-hydrogen) atoms. The summed E-state index contributed by atoms with van der Waals surface area (Å²) in [5.41, 5.74) is 0.514. The van der Waals surface area contributed by atoms with E-state index >= 15 is 0 Å². The summed E-state index contributed by atoms with van der Waals surface area (Å²) in [6.07, 6.45) is -0.369. The van der Waals surface area contributed by atoms with Crippen LogP contribution in [0.3, 0.4) is 0 Å². The van der Waals surface area contributed by atoms with Crippen LogP contribution in [0.15, 0.2) is 23.4 Å². The van der Waals surface area contributed by atoms with E-state index in [1.54, 1.807) is 16.0 Å². The molecule has 0 aromatic carbocycles. The van der Waals surface area contributed by atoms with Crippen molar-refractivity contribution in [1.82, 2.24) is 25.1 Å². The van der Waals surface area contributed by atoms with E-state index in [1.807, 2.05) is 4.90 Å². The van der Waals surface area contributed by atoms with Crippen LogP contribution < -0.4 is 15.4 Å². The summed E-state index contributed by atoms with van der Waals surface area (Å²) in [5.74, 6) is 0.185. The van der Waals surface area contributed by atoms with Crippen LogP contribution >= 0.6 is 0 Å². The molecule has 1 fully saturated rings. The molecule has 0 aliphatic carbocycles. The number of nitrogens with zero attached hydrogens (tertiary/aromatic N) is 6. The number of carbonyl (C=O) groups excluding carboxylic acids is 1. The fourth-order valence-electron chi connectivity index (χ4n) is 3.91. The molecule has 178 valence electrons. The van der Waals surface area contributed by atoms with Crippen LogP contribution in [0.4, 0.5) is 24.8 Å². The molecule has 2 aliphatic heterocycles. The number of hydrogen-bond acceptors (Lipinski definition) is 8. The van der Waals surface area contributed by atoms with E-state index in [2.05, 4.69) is 20.2 Å². The van der Waals surface area contributed by atoms with Gasteiger partial charge in [-0.3, -0.25) is 9.59 Å². The van der Waals surface area contributed by atoms with Gasteiger partial charge in [-0.05, 0) is 6.42 Å². The number of aromatic amines is 1. The first kappa shape index (κ1) is 23.0. The van der Waals surface area contributed by atoms with Gasteiger partial charge in [0.05, 0.1) is 37.1 Å². The Hall–Kier alpha value is -3.22. The monoisotopic (exact) mass is 467 g/mol. The number of ether oxygens (including phenoxy) is 1. The molecular weight excluding hydrogens is 443 g/mol. The molecule has 0 bridgehead atoms. The Kier molecular flexibility index (Phi) is 6.77. The zero-order valence-corrected chi connectivity index (χ0v) is 17.8. The van der Waals surface area contributed by atoms with Gasteiger partial charge in [-0.2, -0.15) is 18.3 Å². The van der Waals surface area contributed by atoms with Crippen molar-refractivity contribution < 1.29 is 22.7 Å². The average Bonchev–Trinajstić information content (AvgIpc) is 3.23. The molecule has 1 N–H and O–H groups in total. The molecule has 4 heterocycles. The van der Waals surface area contributed by atoms with Crippen molar-refractivity contribution in [3.8, 4) is 0 Å². The maximum Gasteiger partial charge on any atom is 0.419 e. The Morgan fingerprint density at radius 2 is 1.79 bits per heavy atom. The molecule has 2 aromatic rings. The Morgan fingerprint density at radius 1 is 1.06 bits per heavy atom. The summed E-state index contributed by atoms with van der Waals surface area (Å²) in [6, 6.07) is 0. The number of anilines is 2. The van der Waals surface area contributed by atoms with E-state index in [4.69, 9.17) is 4.74 Å². The van der Waals surface area contributed by atoms with Crippen molar-refractivity contribution >= 4 is 17.5 Å². The second-order valence-electron chi connectivity index (χ2n) is 7.80. The van der Waals surface area contributed by atoms with Gasteiger partial charge >= 0.3 is 6.18 Å². The van der Waals surface area contributed by atoms with Gasteiger partial charge in [0.25, 0.3) is 5.56 Å². The minimum atomic E-state index is -4.47. The number of amides is 1. The van der Waals surface area contributed by atoms with Crippen molar-refractivity contribution in [3.63, 3.8) is 0 Å². The number of fused-ring (bicyclic) bond motifs is 1. The first-order chi connectivity index (χ1) is 15.8. The van der Waals surface area contributed by atoms with Crippen LogP contribution in [0.25, 0.3) is 0 Å². The van der Waals surface area contributed by atoms with Crippen LogP contribution in [-0.2, 0) is 22.1 Å². The predicted molar refractivity (Wildman–Crippen MR) is 112 cm³/mol. The minimum absolute atomic E-state index is 0.0368. The van der Waals surface area contributed by atoms with Crippen molar-refractivity contribution in [1.29, 1.82) is 0 Å². The molecule has 10 nitrogen and oxygen atoms in total. The fourth-order valence-corrected chi connectivity index (χ4v) is 3.91. The Labute approximate surface area is 187 Å². The number of aromatic nitrogens is 4. The van der Waals surface area contributed by atoms with Crippen LogP contribution in [-0.4, -0.2) is 83.5 Å². The summed E-state index contributed by atoms with van der Waals surface area (Å²) in [6.45, 7) is 3.83. The highest BCUT2D eigenvalue weighted by Gasteiger charge is 2.32. The van der Waals surface area contributed by atoms with Gasteiger partial charge in [0.1, 0.15) is 0 Å². The third-order valence-electron chi connectivity index (χ3n) is 5.76. The molecule has 1 amide bonds. The SMILES string of the molecule is O=C(CCOCCN1CCc2c1cn[nH]c2=O)N1CCN(c2ncc(C(F)(F)F)cn2)CC1. The number of H-pyrrole nitrogens is 1. The number of hydrogen-bond donors (Lipinski definition) is 1. The van der Waals surface area contributed by atoms with Gasteiger partial charge in [0, 0.05) is 57.2 Å². The second-order valence-corrected chi connectivity index (χ2v) is 7.80. The number of rotatable bonds is 7. The first-order valence-corrected chi connectivity index (χ1v) is 10.6. The van der Waals surface area contributed by atoms with Gasteiger partial charge in [-0.1, -0.05) is 0 Å². The lowest BCUT2D eigenvalue weighted by molar-refractivity contribution is -0.138. The Balaban J connectivity index is 1.15. The maximum absolute atomic E-state index is 12.6. The smallest absolute Gasteiger partial charge is 0.379 e. The Morgan fingerprint density at radius 3 is 2.48 bits per heavy atom. The standard InChI is InChI=1S/C20H24F3N7O3/c21-20(22,23)14-11-24-19(25-12-14)30-6-4-29(5-7-30)17(31)2-9-33-10-8-28-3-1-15-16(28)13-26-27-18(15)32/h11-13H,1-10H2,(H,27,32). The normalized spacial score (nSPS) is 16.3. The van der Waals surface area contributed by atoms with Crippen LogP contribution in [0, 0.1) is 0 Å². The number of halogens is 3. The van der Waals surface area contributed by atoms with E-state index in [1.165, 1.54) is 0 Å². The summed E-state index contributed by atoms with van der Waals surface area (Å²) < 4.78 is 43.5. The highest BCUT2D eigenvalue weighted by molar-refractivity contribution is 5.76. The molecule has 0 unspecified atom stereocenters. The number of alkyl halides is 3. The van der Waals surface area contributed by atoms with E-state index in [-0.39, 0.29) is 30.4 Å². The summed E-state index contributed by atoms with van der Waals surface area (Å²) in [4.78, 5) is 37.3. The number of piperazine rings is 1. The van der Waals surface area contributed by atoms with E-state index in [0.29, 0.717) is 45.8 Å². The molecular formula is C20H24F3N7O3. The van der Waals surface area contributed by atoms with Gasteiger partial charge in [-0.15, -0.1) is 0 Å². The zero-order chi connectivity index (χ0) is 23.4. The summed E-state index contributed by atoms with van der Waals surface area (Å²) in [7, 11) is 0. The summed E-state index contributed by atoms with van der Waals surface area (Å²) >= 11 is 0. The largest absolute Gasteiger partial charge is 0.419 e. The molecule has 4 rings (SSSR count). The van der Waals surface area contributed by atoms with Gasteiger partial charge < -0.3 is 19.4 Å². The molecule has 13 heteroatoms. The van der Waals surface area contributed by atoms with Crippen LogP contribution in [0.2, 0.25) is 0 Å². The summed E-state index contributed by atoms with van der Waals surface area (Å²) in [5, 5.41) is 6.27. The van der Waals surface area contributed by atoms with Gasteiger partial charge in [0.2, 0.25) is 11.9 Å². The molecule has 0 radical (unpaired) electrons. The lowest BCUT2D eigenvalue weighted by Crippen LogP contribution is -2.49. The number of carbonyl (C=O) groups is 1. The van der Waals surface area contributed by atoms with Crippen LogP contribution in [0.5, 0.6) is 0 Å². The molecule has 2 aromatic heterocycles. The van der Waals surface area contributed by atoms with Crippen molar-refractivity contribution in [3.05, 3.63) is 40.1 Å². The molecule has 0 spiro atoms. The third-order valence-corrected chi connectivity index (χ3v) is 5.76. The Bertz CT molecular complexity index is 1020. The van der Waals surface area contributed by atoms with Crippen LogP contribution in [0.1, 0.15) is 17.5 Å². The second kappa shape index (κ2) is 9.73. The topological polar surface area (TPSA) is 108 Å². The zero-order valence-electron chi connectivity index (χ0n) is 17.8. The van der Waals surface area contributed by atoms with E-state index in [0.717, 1.165) is 30.2 Å². The molecule has 0 atom stereocenters. The molecule has 2 aliphatic rings.